The third kappa shape index (κ3) is 6.94. The molecule has 0 aliphatic rings. The number of nitrogens with one attached hydrogen (secondary N) is 3. The number of aliphatic carboxylic acids is 1. The molecule has 2 unspecified atom stereocenters. The molecule has 0 heterocycles. The van der Waals surface area contributed by atoms with Gasteiger partial charge in [-0.1, -0.05) is 13.3 Å². The normalized spacial score (nSPS) is 14.7. The zero-order valence-corrected chi connectivity index (χ0v) is 13.0. The highest BCUT2D eigenvalue weighted by atomic mass is 16.5. The average Bonchev–Trinajstić information content (AvgIpc) is 2.38. The van der Waals surface area contributed by atoms with Gasteiger partial charge >= 0.3 is 12.0 Å². The molecule has 0 fully saturated rings. The summed E-state index contributed by atoms with van der Waals surface area (Å²) in [5.41, 5.74) is -1.36. The van der Waals surface area contributed by atoms with E-state index in [-0.39, 0.29) is 5.91 Å². The third-order valence-electron chi connectivity index (χ3n) is 2.96. The Balaban J connectivity index is 4.40. The van der Waals surface area contributed by atoms with Gasteiger partial charge in [0.25, 0.3) is 0 Å². The molecule has 0 rings (SSSR count). The summed E-state index contributed by atoms with van der Waals surface area (Å²) in [4.78, 5) is 34.7. The minimum absolute atomic E-state index is 0.296. The van der Waals surface area contributed by atoms with Crippen molar-refractivity contribution in [2.24, 2.45) is 0 Å². The number of carbonyl (C=O) groups excluding carboxylic acids is 2. The molecule has 0 spiro atoms. The number of carboxylic acids is 1. The van der Waals surface area contributed by atoms with Gasteiger partial charge in [0.15, 0.2) is 0 Å². The fourth-order valence-electron chi connectivity index (χ4n) is 1.70. The molecule has 0 aromatic carbocycles. The van der Waals surface area contributed by atoms with Gasteiger partial charge in [-0.2, -0.15) is 0 Å². The Bertz CT molecular complexity index is 375. The van der Waals surface area contributed by atoms with Crippen LogP contribution in [0.15, 0.2) is 0 Å². The fraction of sp³-hybridized carbons (Fsp3) is 0.769. The zero-order valence-electron chi connectivity index (χ0n) is 13.0. The molecule has 0 aliphatic heterocycles. The summed E-state index contributed by atoms with van der Waals surface area (Å²) in [5, 5.41) is 16.5. The lowest BCUT2D eigenvalue weighted by Gasteiger charge is -2.26. The minimum atomic E-state index is -1.36. The van der Waals surface area contributed by atoms with Gasteiger partial charge in [0, 0.05) is 13.7 Å². The molecular formula is C13H25N3O5. The van der Waals surface area contributed by atoms with Crippen molar-refractivity contribution in [2.45, 2.75) is 45.2 Å². The van der Waals surface area contributed by atoms with E-state index in [1.165, 1.54) is 21.0 Å². The van der Waals surface area contributed by atoms with E-state index in [9.17, 15) is 14.4 Å². The van der Waals surface area contributed by atoms with E-state index in [1.54, 1.807) is 0 Å². The Labute approximate surface area is 124 Å². The van der Waals surface area contributed by atoms with Gasteiger partial charge in [0.1, 0.15) is 11.6 Å². The first-order valence-electron chi connectivity index (χ1n) is 6.85. The van der Waals surface area contributed by atoms with Crippen molar-refractivity contribution >= 4 is 17.9 Å². The molecule has 0 aliphatic carbocycles. The van der Waals surface area contributed by atoms with Gasteiger partial charge in [-0.25, -0.2) is 9.59 Å². The monoisotopic (exact) mass is 303 g/mol. The molecular weight excluding hydrogens is 278 g/mol. The lowest BCUT2D eigenvalue weighted by molar-refractivity contribution is -0.144. The van der Waals surface area contributed by atoms with Crippen molar-refractivity contribution in [2.75, 3.05) is 20.3 Å². The predicted octanol–water partition coefficient (Wildman–Crippen LogP) is 0.0801. The van der Waals surface area contributed by atoms with Crippen LogP contribution in [-0.4, -0.2) is 54.9 Å². The summed E-state index contributed by atoms with van der Waals surface area (Å²) in [5.74, 6) is -1.48. The quantitative estimate of drug-likeness (QED) is 0.450. The number of ether oxygens (including phenoxy) is 1. The molecule has 3 amide bonds. The highest BCUT2D eigenvalue weighted by Gasteiger charge is 2.34. The molecule has 0 aromatic rings. The lowest BCUT2D eigenvalue weighted by Crippen LogP contribution is -2.58. The van der Waals surface area contributed by atoms with Crippen molar-refractivity contribution in [3.63, 3.8) is 0 Å². The van der Waals surface area contributed by atoms with Crippen LogP contribution in [0.25, 0.3) is 0 Å². The third-order valence-corrected chi connectivity index (χ3v) is 2.96. The van der Waals surface area contributed by atoms with Crippen LogP contribution >= 0.6 is 0 Å². The number of carbonyl (C=O) groups is 3. The number of amides is 3. The van der Waals surface area contributed by atoms with Crippen LogP contribution in [0.4, 0.5) is 4.79 Å². The first-order valence-corrected chi connectivity index (χ1v) is 6.85. The SMILES string of the molecule is CCCC(C)(NC(=O)NC(C)C(=O)NCCOC)C(=O)O. The molecule has 2 atom stereocenters. The van der Waals surface area contributed by atoms with Crippen molar-refractivity contribution in [3.8, 4) is 0 Å². The number of rotatable bonds is 9. The molecule has 8 heteroatoms. The summed E-state index contributed by atoms with van der Waals surface area (Å²) in [6.07, 6.45) is 0.903. The minimum Gasteiger partial charge on any atom is -0.480 e. The number of urea groups is 1. The van der Waals surface area contributed by atoms with Crippen LogP contribution in [0, 0.1) is 0 Å². The maximum atomic E-state index is 11.8. The van der Waals surface area contributed by atoms with Gasteiger partial charge in [-0.05, 0) is 20.3 Å². The zero-order chi connectivity index (χ0) is 16.5. The van der Waals surface area contributed by atoms with E-state index in [2.05, 4.69) is 16.0 Å². The second kappa shape index (κ2) is 9.17. The molecule has 4 N–H and O–H groups in total. The van der Waals surface area contributed by atoms with E-state index in [1.807, 2.05) is 6.92 Å². The van der Waals surface area contributed by atoms with Crippen molar-refractivity contribution < 1.29 is 24.2 Å². The van der Waals surface area contributed by atoms with Crippen LogP contribution in [0.1, 0.15) is 33.6 Å². The standard InChI is InChI=1S/C13H25N3O5/c1-5-6-13(3,11(18)19)16-12(20)15-9(2)10(17)14-7-8-21-4/h9H,5-8H2,1-4H3,(H,14,17)(H,18,19)(H2,15,16,20). The van der Waals surface area contributed by atoms with Crippen molar-refractivity contribution in [1.29, 1.82) is 0 Å². The highest BCUT2D eigenvalue weighted by molar-refractivity contribution is 5.89. The Hall–Kier alpha value is -1.83. The largest absolute Gasteiger partial charge is 0.480 e. The molecule has 0 aromatic heterocycles. The molecule has 21 heavy (non-hydrogen) atoms. The summed E-state index contributed by atoms with van der Waals surface area (Å²) in [7, 11) is 1.52. The van der Waals surface area contributed by atoms with E-state index >= 15 is 0 Å². The van der Waals surface area contributed by atoms with Gasteiger partial charge in [-0.15, -0.1) is 0 Å². The lowest BCUT2D eigenvalue weighted by atomic mass is 9.96. The molecule has 122 valence electrons. The predicted molar refractivity (Wildman–Crippen MR) is 77.0 cm³/mol. The van der Waals surface area contributed by atoms with E-state index in [4.69, 9.17) is 9.84 Å². The Morgan fingerprint density at radius 3 is 2.43 bits per heavy atom. The van der Waals surface area contributed by atoms with Gasteiger partial charge in [0.05, 0.1) is 6.61 Å². The smallest absolute Gasteiger partial charge is 0.329 e. The maximum absolute atomic E-state index is 11.8. The molecule has 0 saturated heterocycles. The van der Waals surface area contributed by atoms with Crippen LogP contribution in [0.5, 0.6) is 0 Å². The molecule has 0 radical (unpaired) electrons. The Morgan fingerprint density at radius 1 is 1.33 bits per heavy atom. The van der Waals surface area contributed by atoms with Crippen molar-refractivity contribution in [1.82, 2.24) is 16.0 Å². The first kappa shape index (κ1) is 19.2. The van der Waals surface area contributed by atoms with E-state index in [0.29, 0.717) is 26.0 Å². The van der Waals surface area contributed by atoms with Crippen molar-refractivity contribution in [3.05, 3.63) is 0 Å². The fourth-order valence-corrected chi connectivity index (χ4v) is 1.70. The molecule has 0 saturated carbocycles. The topological polar surface area (TPSA) is 117 Å². The Morgan fingerprint density at radius 2 is 1.95 bits per heavy atom. The number of carboxylic acid groups (broad SMARTS) is 1. The summed E-state index contributed by atoms with van der Waals surface area (Å²) in [6.45, 7) is 5.48. The Kier molecular flexibility index (Phi) is 8.37. The van der Waals surface area contributed by atoms with E-state index in [0.717, 1.165) is 0 Å². The summed E-state index contributed by atoms with van der Waals surface area (Å²) in [6, 6.07) is -1.47. The summed E-state index contributed by atoms with van der Waals surface area (Å²) >= 11 is 0. The van der Waals surface area contributed by atoms with Gasteiger partial charge < -0.3 is 25.8 Å². The number of hydrogen-bond acceptors (Lipinski definition) is 4. The second-order valence-corrected chi connectivity index (χ2v) is 4.99. The van der Waals surface area contributed by atoms with Crippen LogP contribution < -0.4 is 16.0 Å². The number of hydrogen-bond donors (Lipinski definition) is 4. The van der Waals surface area contributed by atoms with Gasteiger partial charge in [0.2, 0.25) is 5.91 Å². The first-order chi connectivity index (χ1) is 9.76. The van der Waals surface area contributed by atoms with Crippen LogP contribution in [-0.2, 0) is 14.3 Å². The van der Waals surface area contributed by atoms with E-state index < -0.39 is 23.6 Å². The molecule has 8 nitrogen and oxygen atoms in total. The van der Waals surface area contributed by atoms with Gasteiger partial charge in [-0.3, -0.25) is 4.79 Å². The average molecular weight is 303 g/mol. The highest BCUT2D eigenvalue weighted by Crippen LogP contribution is 2.12. The second-order valence-electron chi connectivity index (χ2n) is 4.99. The maximum Gasteiger partial charge on any atom is 0.329 e. The number of methoxy groups -OCH3 is 1. The summed E-state index contributed by atoms with van der Waals surface area (Å²) < 4.78 is 4.79. The molecule has 0 bridgehead atoms. The van der Waals surface area contributed by atoms with Crippen LogP contribution in [0.2, 0.25) is 0 Å². The van der Waals surface area contributed by atoms with Crippen LogP contribution in [0.3, 0.4) is 0 Å².